The van der Waals surface area contributed by atoms with Crippen LogP contribution in [-0.2, 0) is 13.0 Å². The van der Waals surface area contributed by atoms with E-state index in [1.807, 2.05) is 17.0 Å². The molecule has 2 aromatic heterocycles. The van der Waals surface area contributed by atoms with Crippen LogP contribution in [0.1, 0.15) is 38.7 Å². The zero-order valence-corrected chi connectivity index (χ0v) is 11.8. The molecule has 19 heavy (non-hydrogen) atoms. The minimum Gasteiger partial charge on any atom is -0.309 e. The quantitative estimate of drug-likeness (QED) is 0.863. The smallest absolute Gasteiger partial charge is 0.156 e. The molecule has 102 valence electrons. The lowest BCUT2D eigenvalue weighted by atomic mass is 10.3. The first kappa shape index (κ1) is 13.7. The van der Waals surface area contributed by atoms with Crippen LogP contribution < -0.4 is 5.32 Å². The molecule has 2 rings (SSSR count). The Morgan fingerprint density at radius 1 is 1.21 bits per heavy atom. The van der Waals surface area contributed by atoms with Gasteiger partial charge in [0.15, 0.2) is 5.82 Å². The van der Waals surface area contributed by atoms with E-state index in [4.69, 9.17) is 0 Å². The van der Waals surface area contributed by atoms with Crippen molar-refractivity contribution in [3.05, 3.63) is 36.3 Å². The van der Waals surface area contributed by atoms with Gasteiger partial charge in [0.1, 0.15) is 5.82 Å². The summed E-state index contributed by atoms with van der Waals surface area (Å²) >= 11 is 0. The molecule has 0 atom stereocenters. The van der Waals surface area contributed by atoms with Crippen LogP contribution in [-0.4, -0.2) is 25.6 Å². The molecule has 0 aromatic carbocycles. The molecule has 0 saturated carbocycles. The van der Waals surface area contributed by atoms with Gasteiger partial charge in [0, 0.05) is 31.4 Å². The summed E-state index contributed by atoms with van der Waals surface area (Å²) in [6.07, 6.45) is 9.38. The van der Waals surface area contributed by atoms with Crippen molar-refractivity contribution in [3.63, 3.8) is 0 Å². The number of rotatable bonds is 6. The molecule has 0 aliphatic rings. The van der Waals surface area contributed by atoms with E-state index in [-0.39, 0.29) is 0 Å². The van der Waals surface area contributed by atoms with E-state index in [2.05, 4.69) is 41.0 Å². The van der Waals surface area contributed by atoms with Crippen LogP contribution in [0.4, 0.5) is 0 Å². The molecule has 0 saturated heterocycles. The summed E-state index contributed by atoms with van der Waals surface area (Å²) in [5, 5.41) is 3.33. The van der Waals surface area contributed by atoms with Crippen molar-refractivity contribution in [2.75, 3.05) is 0 Å². The number of aryl methyl sites for hydroxylation is 1. The van der Waals surface area contributed by atoms with Gasteiger partial charge in [0.2, 0.25) is 0 Å². The fourth-order valence-corrected chi connectivity index (χ4v) is 1.82. The number of hydrogen-bond acceptors (Lipinski definition) is 4. The summed E-state index contributed by atoms with van der Waals surface area (Å²) in [7, 11) is 0. The molecule has 0 unspecified atom stereocenters. The van der Waals surface area contributed by atoms with Crippen molar-refractivity contribution in [1.29, 1.82) is 0 Å². The highest BCUT2D eigenvalue weighted by Gasteiger charge is 2.06. The maximum absolute atomic E-state index is 4.46. The second kappa shape index (κ2) is 6.43. The summed E-state index contributed by atoms with van der Waals surface area (Å²) in [4.78, 5) is 13.2. The number of imidazole rings is 1. The molecule has 2 aromatic rings. The van der Waals surface area contributed by atoms with E-state index >= 15 is 0 Å². The molecule has 0 fully saturated rings. The Kier molecular flexibility index (Phi) is 4.63. The fraction of sp³-hybridized carbons (Fsp3) is 0.500. The zero-order chi connectivity index (χ0) is 13.7. The number of aromatic nitrogens is 4. The number of nitrogens with one attached hydrogen (secondary N) is 1. The van der Waals surface area contributed by atoms with Crippen LogP contribution in [0.5, 0.6) is 0 Å². The maximum atomic E-state index is 4.46. The first-order valence-electron chi connectivity index (χ1n) is 6.77. The van der Waals surface area contributed by atoms with Gasteiger partial charge in [0.25, 0.3) is 0 Å². The van der Waals surface area contributed by atoms with Crippen molar-refractivity contribution in [2.45, 2.75) is 46.2 Å². The highest BCUT2D eigenvalue weighted by atomic mass is 15.1. The molecule has 0 radical (unpaired) electrons. The Morgan fingerprint density at radius 3 is 2.68 bits per heavy atom. The second-order valence-electron chi connectivity index (χ2n) is 4.87. The average Bonchev–Trinajstić information content (AvgIpc) is 2.86. The molecule has 0 amide bonds. The zero-order valence-electron chi connectivity index (χ0n) is 11.8. The Hall–Kier alpha value is -1.75. The van der Waals surface area contributed by atoms with Gasteiger partial charge >= 0.3 is 0 Å². The summed E-state index contributed by atoms with van der Waals surface area (Å²) in [5.74, 6) is 1.86. The highest BCUT2D eigenvalue weighted by Crippen LogP contribution is 2.08. The molecule has 0 aliphatic carbocycles. The lowest BCUT2D eigenvalue weighted by molar-refractivity contribution is 0.580. The van der Waals surface area contributed by atoms with E-state index < -0.39 is 0 Å². The van der Waals surface area contributed by atoms with Crippen molar-refractivity contribution < 1.29 is 0 Å². The maximum Gasteiger partial charge on any atom is 0.156 e. The van der Waals surface area contributed by atoms with E-state index in [0.717, 1.165) is 36.7 Å². The van der Waals surface area contributed by atoms with Crippen molar-refractivity contribution >= 4 is 0 Å². The van der Waals surface area contributed by atoms with Crippen LogP contribution >= 0.6 is 0 Å². The molecule has 2 heterocycles. The third-order valence-corrected chi connectivity index (χ3v) is 2.82. The third-order valence-electron chi connectivity index (χ3n) is 2.82. The SMILES string of the molecule is CCCc1nccn1-c1cnc(CNC(C)C)cn1. The molecule has 1 N–H and O–H groups in total. The standard InChI is InChI=1S/C14H21N5/c1-4-5-13-15-6-7-19(13)14-10-17-12(9-18-14)8-16-11(2)3/h6-7,9-11,16H,4-5,8H2,1-3H3. The second-order valence-corrected chi connectivity index (χ2v) is 4.87. The predicted octanol–water partition coefficient (Wildman–Crippen LogP) is 2.11. The average molecular weight is 259 g/mol. The molecule has 5 nitrogen and oxygen atoms in total. The fourth-order valence-electron chi connectivity index (χ4n) is 1.82. The van der Waals surface area contributed by atoms with Crippen molar-refractivity contribution in [3.8, 4) is 5.82 Å². The molecule has 0 bridgehead atoms. The van der Waals surface area contributed by atoms with Gasteiger partial charge in [-0.15, -0.1) is 0 Å². The minimum absolute atomic E-state index is 0.450. The van der Waals surface area contributed by atoms with Crippen LogP contribution in [0.3, 0.4) is 0 Å². The van der Waals surface area contributed by atoms with Gasteiger partial charge < -0.3 is 5.32 Å². The van der Waals surface area contributed by atoms with Gasteiger partial charge in [-0.25, -0.2) is 9.97 Å². The van der Waals surface area contributed by atoms with Crippen molar-refractivity contribution in [1.82, 2.24) is 24.8 Å². The van der Waals surface area contributed by atoms with Crippen LogP contribution in [0.15, 0.2) is 24.8 Å². The first-order valence-corrected chi connectivity index (χ1v) is 6.77. The largest absolute Gasteiger partial charge is 0.309 e. The summed E-state index contributed by atoms with van der Waals surface area (Å²) in [6.45, 7) is 7.12. The van der Waals surface area contributed by atoms with Crippen LogP contribution in [0, 0.1) is 0 Å². The van der Waals surface area contributed by atoms with Gasteiger partial charge in [0.05, 0.1) is 18.1 Å². The summed E-state index contributed by atoms with van der Waals surface area (Å²) in [5.41, 5.74) is 0.953. The Balaban J connectivity index is 2.11. The van der Waals surface area contributed by atoms with Gasteiger partial charge in [-0.3, -0.25) is 9.55 Å². The molecular formula is C14H21N5. The van der Waals surface area contributed by atoms with Crippen LogP contribution in [0.2, 0.25) is 0 Å². The van der Waals surface area contributed by atoms with E-state index in [9.17, 15) is 0 Å². The van der Waals surface area contributed by atoms with Crippen LogP contribution in [0.25, 0.3) is 5.82 Å². The van der Waals surface area contributed by atoms with E-state index in [0.29, 0.717) is 6.04 Å². The highest BCUT2D eigenvalue weighted by molar-refractivity contribution is 5.22. The topological polar surface area (TPSA) is 55.6 Å². The van der Waals surface area contributed by atoms with Gasteiger partial charge in [-0.2, -0.15) is 0 Å². The van der Waals surface area contributed by atoms with Gasteiger partial charge in [-0.05, 0) is 6.42 Å². The molecular weight excluding hydrogens is 238 g/mol. The molecule has 0 spiro atoms. The summed E-state index contributed by atoms with van der Waals surface area (Å²) in [6, 6.07) is 0.450. The summed E-state index contributed by atoms with van der Waals surface area (Å²) < 4.78 is 2.00. The normalized spacial score (nSPS) is 11.2. The minimum atomic E-state index is 0.450. The van der Waals surface area contributed by atoms with Gasteiger partial charge in [-0.1, -0.05) is 20.8 Å². The van der Waals surface area contributed by atoms with E-state index in [1.54, 1.807) is 12.4 Å². The number of hydrogen-bond donors (Lipinski definition) is 1. The molecule has 5 heteroatoms. The Labute approximate surface area is 114 Å². The lowest BCUT2D eigenvalue weighted by Crippen LogP contribution is -2.22. The monoisotopic (exact) mass is 259 g/mol. The van der Waals surface area contributed by atoms with Crippen molar-refractivity contribution in [2.24, 2.45) is 0 Å². The Morgan fingerprint density at radius 2 is 2.05 bits per heavy atom. The third kappa shape index (κ3) is 3.61. The first-order chi connectivity index (χ1) is 9.20. The Bertz CT molecular complexity index is 501. The lowest BCUT2D eigenvalue weighted by Gasteiger charge is -2.09. The number of nitrogens with zero attached hydrogens (tertiary/aromatic N) is 4. The molecule has 0 aliphatic heterocycles. The van der Waals surface area contributed by atoms with E-state index in [1.165, 1.54) is 0 Å². The predicted molar refractivity (Wildman–Crippen MR) is 75.1 cm³/mol.